The van der Waals surface area contributed by atoms with E-state index >= 15 is 0 Å². The molecule has 3 saturated heterocycles. The van der Waals surface area contributed by atoms with Gasteiger partial charge in [0.2, 0.25) is 0 Å². The van der Waals surface area contributed by atoms with E-state index in [1.807, 2.05) is 17.0 Å². The molecule has 3 atom stereocenters. The molecular weight excluding hydrogens is 458 g/mol. The maximum absolute atomic E-state index is 14.7. The summed E-state index contributed by atoms with van der Waals surface area (Å²) in [6.07, 6.45) is 0.0214. The number of piperidine rings is 1. The number of nitrogens with one attached hydrogen (secondary N) is 1. The fourth-order valence-corrected chi connectivity index (χ4v) is 6.19. The Kier molecular flexibility index (Phi) is 6.95. The van der Waals surface area contributed by atoms with Crippen molar-refractivity contribution in [1.29, 1.82) is 0 Å². The third-order valence-corrected chi connectivity index (χ3v) is 7.95. The molecule has 0 saturated carbocycles. The number of hydrogen-bond donors (Lipinski definition) is 1. The van der Waals surface area contributed by atoms with Crippen LogP contribution >= 0.6 is 0 Å². The molecule has 3 aliphatic heterocycles. The lowest BCUT2D eigenvalue weighted by atomic mass is 9.88. The SMILES string of the molecule is CC(c1ccc(C(F)(F)F)cc1)N1C2CCC1CC(CNc1ccc(N3CCOCC3)c(F)c1)C2. The molecule has 35 heavy (non-hydrogen) atoms. The highest BCUT2D eigenvalue weighted by atomic mass is 19.4. The second-order valence-corrected chi connectivity index (χ2v) is 10.1. The van der Waals surface area contributed by atoms with Crippen molar-refractivity contribution in [3.63, 3.8) is 0 Å². The summed E-state index contributed by atoms with van der Waals surface area (Å²) in [7, 11) is 0. The van der Waals surface area contributed by atoms with Gasteiger partial charge in [-0.2, -0.15) is 13.2 Å². The Morgan fingerprint density at radius 3 is 2.26 bits per heavy atom. The van der Waals surface area contributed by atoms with Crippen LogP contribution < -0.4 is 10.2 Å². The molecule has 5 rings (SSSR count). The van der Waals surface area contributed by atoms with E-state index in [2.05, 4.69) is 17.1 Å². The van der Waals surface area contributed by atoms with Gasteiger partial charge < -0.3 is 15.0 Å². The van der Waals surface area contributed by atoms with Gasteiger partial charge in [-0.3, -0.25) is 4.90 Å². The van der Waals surface area contributed by atoms with Gasteiger partial charge in [-0.05, 0) is 74.4 Å². The van der Waals surface area contributed by atoms with Crippen molar-refractivity contribution in [3.8, 4) is 0 Å². The second kappa shape index (κ2) is 9.97. The molecule has 2 bridgehead atoms. The van der Waals surface area contributed by atoms with E-state index in [4.69, 9.17) is 4.74 Å². The van der Waals surface area contributed by atoms with Crippen LogP contribution in [0.1, 0.15) is 49.8 Å². The average Bonchev–Trinajstić information content (AvgIpc) is 3.12. The summed E-state index contributed by atoms with van der Waals surface area (Å²) in [4.78, 5) is 4.53. The molecule has 0 aliphatic carbocycles. The largest absolute Gasteiger partial charge is 0.416 e. The molecule has 0 aromatic heterocycles. The van der Waals surface area contributed by atoms with Crippen molar-refractivity contribution in [1.82, 2.24) is 4.90 Å². The Labute approximate surface area is 204 Å². The van der Waals surface area contributed by atoms with Gasteiger partial charge in [0.1, 0.15) is 5.82 Å². The van der Waals surface area contributed by atoms with Crippen LogP contribution in [-0.4, -0.2) is 49.8 Å². The molecule has 3 aliphatic rings. The summed E-state index contributed by atoms with van der Waals surface area (Å²) in [5.74, 6) is 0.280. The number of benzene rings is 2. The Balaban J connectivity index is 1.17. The van der Waals surface area contributed by atoms with E-state index < -0.39 is 11.7 Å². The number of nitrogens with zero attached hydrogens (tertiary/aromatic N) is 2. The molecule has 190 valence electrons. The highest BCUT2D eigenvalue weighted by molar-refractivity contribution is 5.56. The first kappa shape index (κ1) is 24.4. The first-order chi connectivity index (χ1) is 16.8. The van der Waals surface area contributed by atoms with Crippen LogP contribution in [0, 0.1) is 11.7 Å². The van der Waals surface area contributed by atoms with Gasteiger partial charge in [0.15, 0.2) is 0 Å². The Morgan fingerprint density at radius 2 is 1.66 bits per heavy atom. The van der Waals surface area contributed by atoms with Gasteiger partial charge in [0, 0.05) is 43.4 Å². The summed E-state index contributed by atoms with van der Waals surface area (Å²) < 4.78 is 58.9. The first-order valence-electron chi connectivity index (χ1n) is 12.6. The number of fused-ring (bicyclic) bond motifs is 2. The quantitative estimate of drug-likeness (QED) is 0.495. The maximum atomic E-state index is 14.7. The van der Waals surface area contributed by atoms with E-state index in [1.54, 1.807) is 18.2 Å². The summed E-state index contributed by atoms with van der Waals surface area (Å²) in [6.45, 7) is 5.55. The Bertz CT molecular complexity index is 992. The van der Waals surface area contributed by atoms with Gasteiger partial charge in [-0.1, -0.05) is 12.1 Å². The minimum Gasteiger partial charge on any atom is -0.385 e. The molecular formula is C27H33F4N3O. The van der Waals surface area contributed by atoms with Crippen LogP contribution in [0.3, 0.4) is 0 Å². The fourth-order valence-electron chi connectivity index (χ4n) is 6.19. The number of alkyl halides is 3. The molecule has 2 aromatic carbocycles. The minimum atomic E-state index is -4.31. The number of anilines is 2. The highest BCUT2D eigenvalue weighted by Gasteiger charge is 2.43. The minimum absolute atomic E-state index is 0.0884. The lowest BCUT2D eigenvalue weighted by Crippen LogP contribution is -2.45. The van der Waals surface area contributed by atoms with E-state index in [-0.39, 0.29) is 11.9 Å². The van der Waals surface area contributed by atoms with Crippen LogP contribution in [0.5, 0.6) is 0 Å². The molecule has 0 radical (unpaired) electrons. The summed E-state index contributed by atoms with van der Waals surface area (Å²) in [5, 5.41) is 3.44. The number of hydrogen-bond acceptors (Lipinski definition) is 4. The summed E-state index contributed by atoms with van der Waals surface area (Å²) in [5.41, 5.74) is 1.76. The summed E-state index contributed by atoms with van der Waals surface area (Å²) >= 11 is 0. The smallest absolute Gasteiger partial charge is 0.385 e. The monoisotopic (exact) mass is 491 g/mol. The molecule has 3 unspecified atom stereocenters. The standard InChI is InChI=1S/C27H33F4N3O/c1-18(20-2-4-21(5-3-20)27(29,30)31)34-23-7-8-24(34)15-19(14-23)17-32-22-6-9-26(25(28)16-22)33-10-12-35-13-11-33/h2-6,9,16,18-19,23-24,32H,7-8,10-15,17H2,1H3. The Hall–Kier alpha value is -2.32. The molecule has 1 N–H and O–H groups in total. The molecule has 2 aromatic rings. The van der Waals surface area contributed by atoms with Crippen LogP contribution in [0.2, 0.25) is 0 Å². The number of morpholine rings is 1. The lowest BCUT2D eigenvalue weighted by molar-refractivity contribution is -0.137. The number of rotatable bonds is 6. The third kappa shape index (κ3) is 5.28. The van der Waals surface area contributed by atoms with E-state index in [1.165, 1.54) is 12.1 Å². The number of halogens is 4. The van der Waals surface area contributed by atoms with Gasteiger partial charge >= 0.3 is 6.18 Å². The van der Waals surface area contributed by atoms with Crippen LogP contribution in [0.25, 0.3) is 0 Å². The van der Waals surface area contributed by atoms with Gasteiger partial charge in [0.25, 0.3) is 0 Å². The second-order valence-electron chi connectivity index (χ2n) is 10.1. The van der Waals surface area contributed by atoms with E-state index in [9.17, 15) is 17.6 Å². The molecule has 4 nitrogen and oxygen atoms in total. The van der Waals surface area contributed by atoms with Crippen molar-refractivity contribution in [2.45, 2.75) is 56.9 Å². The zero-order valence-corrected chi connectivity index (χ0v) is 20.0. The normalized spacial score (nSPS) is 26.1. The molecule has 0 spiro atoms. The van der Waals surface area contributed by atoms with Crippen LogP contribution in [0.4, 0.5) is 28.9 Å². The van der Waals surface area contributed by atoms with Crippen molar-refractivity contribution in [3.05, 3.63) is 59.4 Å². The average molecular weight is 492 g/mol. The predicted molar refractivity (Wildman–Crippen MR) is 129 cm³/mol. The fraction of sp³-hybridized carbons (Fsp3) is 0.556. The number of ether oxygens (including phenoxy) is 1. The van der Waals surface area contributed by atoms with Gasteiger partial charge in [-0.25, -0.2) is 4.39 Å². The topological polar surface area (TPSA) is 27.7 Å². The first-order valence-corrected chi connectivity index (χ1v) is 12.6. The molecule has 0 amide bonds. The molecule has 8 heteroatoms. The summed E-state index contributed by atoms with van der Waals surface area (Å²) in [6, 6.07) is 11.9. The zero-order chi connectivity index (χ0) is 24.6. The van der Waals surface area contributed by atoms with Gasteiger partial charge in [-0.15, -0.1) is 0 Å². The molecule has 3 heterocycles. The van der Waals surface area contributed by atoms with Crippen molar-refractivity contribution in [2.24, 2.45) is 5.92 Å². The maximum Gasteiger partial charge on any atom is 0.416 e. The van der Waals surface area contributed by atoms with Crippen molar-refractivity contribution < 1.29 is 22.3 Å². The van der Waals surface area contributed by atoms with Crippen molar-refractivity contribution in [2.75, 3.05) is 43.1 Å². The van der Waals surface area contributed by atoms with Crippen LogP contribution in [-0.2, 0) is 10.9 Å². The van der Waals surface area contributed by atoms with Gasteiger partial charge in [0.05, 0.1) is 24.5 Å². The predicted octanol–water partition coefficient (Wildman–Crippen LogP) is 6.10. The molecule has 3 fully saturated rings. The lowest BCUT2D eigenvalue weighted by Gasteiger charge is -2.43. The van der Waals surface area contributed by atoms with E-state index in [0.717, 1.165) is 43.5 Å². The Morgan fingerprint density at radius 1 is 1.00 bits per heavy atom. The van der Waals surface area contributed by atoms with E-state index in [0.29, 0.717) is 50.0 Å². The highest BCUT2D eigenvalue weighted by Crippen LogP contribution is 2.44. The van der Waals surface area contributed by atoms with Crippen molar-refractivity contribution >= 4 is 11.4 Å². The third-order valence-electron chi connectivity index (χ3n) is 7.95. The van der Waals surface area contributed by atoms with Crippen LogP contribution in [0.15, 0.2) is 42.5 Å². The zero-order valence-electron chi connectivity index (χ0n) is 20.0.